The molecule has 1 nitrogen and oxygen atoms in total. The highest BCUT2D eigenvalue weighted by Crippen LogP contribution is 2.20. The number of benzene rings is 2. The third-order valence-electron chi connectivity index (χ3n) is 3.20. The van der Waals surface area contributed by atoms with Gasteiger partial charge in [0.15, 0.2) is 5.78 Å². The molecule has 2 aromatic carbocycles. The van der Waals surface area contributed by atoms with Crippen LogP contribution in [0.3, 0.4) is 0 Å². The monoisotopic (exact) mass is 330 g/mol. The molecule has 0 saturated carbocycles. The molecule has 0 aliphatic rings. The second-order valence-corrected chi connectivity index (χ2v) is 6.58. The van der Waals surface area contributed by atoms with E-state index in [0.29, 0.717) is 10.6 Å². The Morgan fingerprint density at radius 2 is 1.77 bits per heavy atom. The zero-order valence-corrected chi connectivity index (χ0v) is 14.2. The van der Waals surface area contributed by atoms with Gasteiger partial charge in [0.2, 0.25) is 0 Å². The summed E-state index contributed by atoms with van der Waals surface area (Å²) < 4.78 is 0. The van der Waals surface area contributed by atoms with Crippen molar-refractivity contribution in [1.82, 2.24) is 0 Å². The zero-order chi connectivity index (χ0) is 15.8. The van der Waals surface area contributed by atoms with Crippen LogP contribution in [0.5, 0.6) is 0 Å². The summed E-state index contributed by atoms with van der Waals surface area (Å²) in [5.41, 5.74) is 1.68. The molecule has 0 aliphatic heterocycles. The molecule has 0 unspecified atom stereocenters. The second kappa shape index (κ2) is 8.82. The average Bonchev–Trinajstić information content (AvgIpc) is 2.55. The van der Waals surface area contributed by atoms with Crippen LogP contribution in [0.1, 0.15) is 35.7 Å². The maximum absolute atomic E-state index is 12.1. The van der Waals surface area contributed by atoms with Crippen molar-refractivity contribution in [3.8, 4) is 0 Å². The lowest BCUT2D eigenvalue weighted by atomic mass is 10.1. The molecule has 2 rings (SSSR count). The summed E-state index contributed by atoms with van der Waals surface area (Å²) in [4.78, 5) is 13.4. The average molecular weight is 331 g/mol. The van der Waals surface area contributed by atoms with Crippen molar-refractivity contribution in [2.24, 2.45) is 0 Å². The van der Waals surface area contributed by atoms with Crippen LogP contribution in [-0.2, 0) is 0 Å². The van der Waals surface area contributed by atoms with Crippen molar-refractivity contribution < 1.29 is 4.79 Å². The molecule has 0 saturated heterocycles. The fraction of sp³-hybridized carbons (Fsp3) is 0.211. The summed E-state index contributed by atoms with van der Waals surface area (Å²) in [6.45, 7) is 2.19. The molecule has 0 N–H and O–H groups in total. The number of ketones is 1. The van der Waals surface area contributed by atoms with Gasteiger partial charge in [-0.2, -0.15) is 0 Å². The molecule has 22 heavy (non-hydrogen) atoms. The van der Waals surface area contributed by atoms with E-state index in [0.717, 1.165) is 11.3 Å². The molecule has 3 heteroatoms. The number of allylic oxidation sites excluding steroid dienone is 1. The zero-order valence-electron chi connectivity index (χ0n) is 12.6. The van der Waals surface area contributed by atoms with Crippen molar-refractivity contribution in [2.45, 2.75) is 24.7 Å². The highest BCUT2D eigenvalue weighted by Gasteiger charge is 2.02. The Balaban J connectivity index is 1.96. The highest BCUT2D eigenvalue weighted by atomic mass is 35.5. The van der Waals surface area contributed by atoms with Crippen LogP contribution in [0.4, 0.5) is 0 Å². The summed E-state index contributed by atoms with van der Waals surface area (Å²) in [5.74, 6) is 1.14. The third-order valence-corrected chi connectivity index (χ3v) is 4.55. The predicted octanol–water partition coefficient (Wildman–Crippen LogP) is 6.13. The van der Waals surface area contributed by atoms with Gasteiger partial charge in [-0.05, 0) is 60.2 Å². The first-order chi connectivity index (χ1) is 10.7. The van der Waals surface area contributed by atoms with Gasteiger partial charge in [-0.1, -0.05) is 43.2 Å². The Hall–Kier alpha value is -1.51. The molecule has 0 amide bonds. The highest BCUT2D eigenvalue weighted by molar-refractivity contribution is 7.99. The van der Waals surface area contributed by atoms with E-state index in [1.54, 1.807) is 6.08 Å². The Morgan fingerprint density at radius 3 is 2.41 bits per heavy atom. The lowest BCUT2D eigenvalue weighted by molar-refractivity contribution is 0.104. The number of unbranched alkanes of at least 4 members (excludes halogenated alkanes) is 1. The normalized spacial score (nSPS) is 11.0. The second-order valence-electron chi connectivity index (χ2n) is 4.98. The van der Waals surface area contributed by atoms with E-state index in [1.807, 2.05) is 66.4 Å². The summed E-state index contributed by atoms with van der Waals surface area (Å²) >= 11 is 7.67. The van der Waals surface area contributed by atoms with E-state index in [-0.39, 0.29) is 5.78 Å². The minimum atomic E-state index is 0.0139. The van der Waals surface area contributed by atoms with E-state index >= 15 is 0 Å². The number of halogens is 1. The first-order valence-electron chi connectivity index (χ1n) is 7.40. The number of thioether (sulfide) groups is 1. The summed E-state index contributed by atoms with van der Waals surface area (Å²) in [6.07, 6.45) is 5.83. The topological polar surface area (TPSA) is 17.1 Å². The van der Waals surface area contributed by atoms with Crippen LogP contribution in [0.2, 0.25) is 5.02 Å². The lowest BCUT2D eigenvalue weighted by Gasteiger charge is -2.02. The largest absolute Gasteiger partial charge is 0.289 e. The van der Waals surface area contributed by atoms with Gasteiger partial charge >= 0.3 is 0 Å². The van der Waals surface area contributed by atoms with Crippen LogP contribution < -0.4 is 0 Å². The van der Waals surface area contributed by atoms with Gasteiger partial charge in [-0.25, -0.2) is 0 Å². The van der Waals surface area contributed by atoms with E-state index in [4.69, 9.17) is 11.6 Å². The van der Waals surface area contributed by atoms with Gasteiger partial charge in [0, 0.05) is 15.5 Å². The van der Waals surface area contributed by atoms with Crippen molar-refractivity contribution in [3.63, 3.8) is 0 Å². The standard InChI is InChI=1S/C19H19ClOS/c1-2-3-14-22-18-11-7-16(8-12-18)19(21)13-6-15-4-9-17(20)10-5-15/h4-13H,2-3,14H2,1H3. The van der Waals surface area contributed by atoms with Gasteiger partial charge in [0.05, 0.1) is 0 Å². The van der Waals surface area contributed by atoms with Crippen molar-refractivity contribution in [3.05, 3.63) is 70.8 Å². The number of carbonyl (C=O) groups excluding carboxylic acids is 1. The Morgan fingerprint density at radius 1 is 1.09 bits per heavy atom. The maximum atomic E-state index is 12.1. The maximum Gasteiger partial charge on any atom is 0.185 e. The van der Waals surface area contributed by atoms with E-state index in [1.165, 1.54) is 17.7 Å². The van der Waals surface area contributed by atoms with Gasteiger partial charge in [0.25, 0.3) is 0 Å². The molecule has 0 aromatic heterocycles. The number of hydrogen-bond donors (Lipinski definition) is 0. The first kappa shape index (κ1) is 16.9. The molecule has 0 radical (unpaired) electrons. The lowest BCUT2D eigenvalue weighted by Crippen LogP contribution is -1.93. The molecule has 0 heterocycles. The summed E-state index contributed by atoms with van der Waals surface area (Å²) in [5, 5.41) is 0.694. The summed E-state index contributed by atoms with van der Waals surface area (Å²) in [7, 11) is 0. The fourth-order valence-electron chi connectivity index (χ4n) is 1.89. The van der Waals surface area contributed by atoms with Crippen LogP contribution in [-0.4, -0.2) is 11.5 Å². The minimum absolute atomic E-state index is 0.0139. The SMILES string of the molecule is CCCCSc1ccc(C(=O)C=Cc2ccc(Cl)cc2)cc1. The van der Waals surface area contributed by atoms with Crippen LogP contribution >= 0.6 is 23.4 Å². The molecule has 2 aromatic rings. The van der Waals surface area contributed by atoms with E-state index < -0.39 is 0 Å². The van der Waals surface area contributed by atoms with Crippen molar-refractivity contribution >= 4 is 35.2 Å². The van der Waals surface area contributed by atoms with Crippen LogP contribution in [0, 0.1) is 0 Å². The molecular formula is C19H19ClOS. The molecule has 0 bridgehead atoms. The smallest absolute Gasteiger partial charge is 0.185 e. The molecular weight excluding hydrogens is 312 g/mol. The van der Waals surface area contributed by atoms with Gasteiger partial charge < -0.3 is 0 Å². The van der Waals surface area contributed by atoms with Crippen LogP contribution in [0.25, 0.3) is 6.08 Å². The van der Waals surface area contributed by atoms with E-state index in [9.17, 15) is 4.79 Å². The molecule has 0 spiro atoms. The Labute approximate surface area is 141 Å². The predicted molar refractivity (Wildman–Crippen MR) is 96.9 cm³/mol. The Bertz CT molecular complexity index is 629. The third kappa shape index (κ3) is 5.36. The van der Waals surface area contributed by atoms with Crippen molar-refractivity contribution in [1.29, 1.82) is 0 Å². The van der Waals surface area contributed by atoms with E-state index in [2.05, 4.69) is 6.92 Å². The molecule has 0 aliphatic carbocycles. The fourth-order valence-corrected chi connectivity index (χ4v) is 3.02. The van der Waals surface area contributed by atoms with Gasteiger partial charge in [0.1, 0.15) is 0 Å². The number of rotatable bonds is 7. The van der Waals surface area contributed by atoms with Crippen molar-refractivity contribution in [2.75, 3.05) is 5.75 Å². The quantitative estimate of drug-likeness (QED) is 0.263. The number of carbonyl (C=O) groups is 1. The van der Waals surface area contributed by atoms with Crippen LogP contribution in [0.15, 0.2) is 59.5 Å². The molecule has 0 atom stereocenters. The minimum Gasteiger partial charge on any atom is -0.289 e. The summed E-state index contributed by atoms with van der Waals surface area (Å²) in [6, 6.07) is 15.2. The Kier molecular flexibility index (Phi) is 6.75. The first-order valence-corrected chi connectivity index (χ1v) is 8.76. The molecule has 0 fully saturated rings. The van der Waals surface area contributed by atoms with Gasteiger partial charge in [-0.3, -0.25) is 4.79 Å². The number of hydrogen-bond acceptors (Lipinski definition) is 2. The van der Waals surface area contributed by atoms with Gasteiger partial charge in [-0.15, -0.1) is 11.8 Å². The molecule has 114 valence electrons.